The second-order valence-corrected chi connectivity index (χ2v) is 5.41. The van der Waals surface area contributed by atoms with E-state index in [0.29, 0.717) is 35.6 Å². The van der Waals surface area contributed by atoms with E-state index in [1.165, 1.54) is 17.1 Å². The van der Waals surface area contributed by atoms with Gasteiger partial charge in [0.05, 0.1) is 22.7 Å². The molecule has 0 unspecified atom stereocenters. The summed E-state index contributed by atoms with van der Waals surface area (Å²) in [6, 6.07) is 9.42. The van der Waals surface area contributed by atoms with E-state index in [0.717, 1.165) is 11.1 Å². The number of rotatable bonds is 6. The maximum Gasteiger partial charge on any atom is 0.323 e. The molecule has 2 amide bonds. The largest absolute Gasteiger partial charge is 0.351 e. The lowest BCUT2D eigenvalue weighted by atomic mass is 10.1. The number of hydrogen-bond acceptors (Lipinski definition) is 5. The number of isocyanates is 2. The first kappa shape index (κ1) is 18.8. The summed E-state index contributed by atoms with van der Waals surface area (Å²) in [6.07, 6.45) is 4.37. The smallest absolute Gasteiger partial charge is 0.323 e. The number of carbonyl (C=O) groups excluding carboxylic acids is 3. The number of primary amides is 1. The van der Waals surface area contributed by atoms with Crippen LogP contribution >= 0.6 is 0 Å². The average Bonchev–Trinajstić information content (AvgIpc) is 2.63. The number of hydrogen-bond donors (Lipinski definition) is 1. The number of amides is 2. The van der Waals surface area contributed by atoms with Crippen LogP contribution in [-0.4, -0.2) is 18.2 Å². The van der Waals surface area contributed by atoms with Crippen LogP contribution in [0.3, 0.4) is 0 Å². The minimum Gasteiger partial charge on any atom is -0.351 e. The van der Waals surface area contributed by atoms with Gasteiger partial charge in [-0.05, 0) is 48.2 Å². The summed E-state index contributed by atoms with van der Waals surface area (Å²) < 4.78 is 0. The quantitative estimate of drug-likeness (QED) is 0.629. The fourth-order valence-corrected chi connectivity index (χ4v) is 2.69. The average molecular weight is 350 g/mol. The predicted molar refractivity (Wildman–Crippen MR) is 98.9 cm³/mol. The lowest BCUT2D eigenvalue weighted by molar-refractivity contribution is 0.256. The third kappa shape index (κ3) is 3.92. The molecule has 2 aromatic rings. The molecule has 7 nitrogen and oxygen atoms in total. The molecule has 0 bridgehead atoms. The van der Waals surface area contributed by atoms with Gasteiger partial charge in [-0.2, -0.15) is 9.98 Å². The Hall–Kier alpha value is -3.53. The molecule has 0 aromatic heterocycles. The second-order valence-electron chi connectivity index (χ2n) is 5.41. The Morgan fingerprint density at radius 2 is 1.35 bits per heavy atom. The number of urea groups is 1. The highest BCUT2D eigenvalue weighted by atomic mass is 16.2. The maximum atomic E-state index is 12.1. The van der Waals surface area contributed by atoms with Crippen LogP contribution in [0.4, 0.5) is 27.5 Å². The summed E-state index contributed by atoms with van der Waals surface area (Å²) in [7, 11) is 0. The van der Waals surface area contributed by atoms with Gasteiger partial charge in [0.15, 0.2) is 0 Å². The Bertz CT molecular complexity index is 857. The molecule has 2 rings (SSSR count). The van der Waals surface area contributed by atoms with Gasteiger partial charge in [0.1, 0.15) is 0 Å². The minimum absolute atomic E-state index is 0.419. The molecule has 0 atom stereocenters. The van der Waals surface area contributed by atoms with E-state index in [-0.39, 0.29) is 0 Å². The number of nitrogens with zero attached hydrogens (tertiary/aromatic N) is 3. The van der Waals surface area contributed by atoms with Crippen molar-refractivity contribution >= 4 is 40.9 Å². The van der Waals surface area contributed by atoms with Crippen LogP contribution in [-0.2, 0) is 22.4 Å². The highest BCUT2D eigenvalue weighted by molar-refractivity contribution is 5.99. The van der Waals surface area contributed by atoms with Gasteiger partial charge in [0, 0.05) is 0 Å². The van der Waals surface area contributed by atoms with Crippen LogP contribution < -0.4 is 10.6 Å². The summed E-state index contributed by atoms with van der Waals surface area (Å²) in [5, 5.41) is 0. The molecule has 0 fully saturated rings. The summed E-state index contributed by atoms with van der Waals surface area (Å²) in [5.74, 6) is 0. The maximum absolute atomic E-state index is 12.1. The fourth-order valence-electron chi connectivity index (χ4n) is 2.69. The van der Waals surface area contributed by atoms with Gasteiger partial charge in [0.2, 0.25) is 12.2 Å². The summed E-state index contributed by atoms with van der Waals surface area (Å²) >= 11 is 0. The van der Waals surface area contributed by atoms with E-state index in [2.05, 4.69) is 9.98 Å². The van der Waals surface area contributed by atoms with Crippen LogP contribution in [0.25, 0.3) is 0 Å². The normalized spacial score (nSPS) is 9.77. The number of anilines is 2. The summed E-state index contributed by atoms with van der Waals surface area (Å²) in [4.78, 5) is 42.1. The Kier molecular flexibility index (Phi) is 6.17. The Labute approximate surface area is 150 Å². The molecule has 0 heterocycles. The molecule has 0 saturated carbocycles. The van der Waals surface area contributed by atoms with E-state index in [9.17, 15) is 14.4 Å². The van der Waals surface area contributed by atoms with Gasteiger partial charge in [-0.15, -0.1) is 0 Å². The van der Waals surface area contributed by atoms with Crippen molar-refractivity contribution in [3.63, 3.8) is 0 Å². The van der Waals surface area contributed by atoms with Crippen molar-refractivity contribution in [3.05, 3.63) is 47.5 Å². The van der Waals surface area contributed by atoms with Crippen LogP contribution in [0.15, 0.2) is 46.4 Å². The monoisotopic (exact) mass is 350 g/mol. The van der Waals surface area contributed by atoms with Crippen molar-refractivity contribution in [1.82, 2.24) is 0 Å². The van der Waals surface area contributed by atoms with Gasteiger partial charge >= 0.3 is 6.03 Å². The van der Waals surface area contributed by atoms with E-state index < -0.39 is 6.03 Å². The van der Waals surface area contributed by atoms with Crippen molar-refractivity contribution in [3.8, 4) is 0 Å². The van der Waals surface area contributed by atoms with E-state index in [1.54, 1.807) is 36.4 Å². The molecule has 0 saturated heterocycles. The first-order valence-electron chi connectivity index (χ1n) is 8.06. The molecule has 0 aliphatic carbocycles. The van der Waals surface area contributed by atoms with Crippen molar-refractivity contribution in [2.45, 2.75) is 26.7 Å². The Morgan fingerprint density at radius 3 is 1.65 bits per heavy atom. The molecule has 0 aliphatic rings. The number of nitrogens with two attached hydrogens (primary N) is 1. The summed E-state index contributed by atoms with van der Waals surface area (Å²) in [5.41, 5.74) is 8.96. The molecule has 0 radical (unpaired) electrons. The van der Waals surface area contributed by atoms with Crippen LogP contribution in [0.5, 0.6) is 0 Å². The van der Waals surface area contributed by atoms with Gasteiger partial charge < -0.3 is 5.73 Å². The van der Waals surface area contributed by atoms with Crippen molar-refractivity contribution in [1.29, 1.82) is 0 Å². The molecule has 7 heteroatoms. The van der Waals surface area contributed by atoms with E-state index in [4.69, 9.17) is 5.73 Å². The molecule has 2 N–H and O–H groups in total. The van der Waals surface area contributed by atoms with Crippen molar-refractivity contribution in [2.75, 3.05) is 4.90 Å². The topological polar surface area (TPSA) is 105 Å². The molecule has 132 valence electrons. The predicted octanol–water partition coefficient (Wildman–Crippen LogP) is 3.96. The minimum atomic E-state index is -0.722. The van der Waals surface area contributed by atoms with Crippen LogP contribution in [0.1, 0.15) is 25.0 Å². The first-order valence-corrected chi connectivity index (χ1v) is 8.06. The van der Waals surface area contributed by atoms with Gasteiger partial charge in [-0.25, -0.2) is 14.4 Å². The first-order chi connectivity index (χ1) is 12.5. The summed E-state index contributed by atoms with van der Waals surface area (Å²) in [6.45, 7) is 3.86. The Morgan fingerprint density at radius 1 is 0.923 bits per heavy atom. The number of benzene rings is 2. The Balaban J connectivity index is 2.62. The fraction of sp³-hybridized carbons (Fsp3) is 0.211. The van der Waals surface area contributed by atoms with Crippen molar-refractivity contribution < 1.29 is 14.4 Å². The van der Waals surface area contributed by atoms with Gasteiger partial charge in [0.25, 0.3) is 0 Å². The van der Waals surface area contributed by atoms with E-state index in [1.807, 2.05) is 13.8 Å². The third-order valence-electron chi connectivity index (χ3n) is 3.97. The molecular weight excluding hydrogens is 332 g/mol. The molecule has 26 heavy (non-hydrogen) atoms. The lowest BCUT2D eigenvalue weighted by Crippen LogP contribution is -2.31. The van der Waals surface area contributed by atoms with Crippen LogP contribution in [0, 0.1) is 0 Å². The standard InChI is InChI=1S/C19H18N4O3/c1-3-13-5-7-15(9-17(13)21-11-24)23(19(20)26)16-8-6-14(4-2)18(10-16)22-12-25/h5-10H,3-4H2,1-2H3,(H2,20,26). The highest BCUT2D eigenvalue weighted by Crippen LogP contribution is 2.34. The number of carbonyl (C=O) groups is 1. The second kappa shape index (κ2) is 8.53. The SMILES string of the molecule is CCc1ccc(N(C(N)=O)c2ccc(CC)c(N=C=O)c2)cc1N=C=O. The van der Waals surface area contributed by atoms with Gasteiger partial charge in [-0.3, -0.25) is 4.90 Å². The lowest BCUT2D eigenvalue weighted by Gasteiger charge is -2.22. The zero-order valence-electron chi connectivity index (χ0n) is 14.5. The van der Waals surface area contributed by atoms with Crippen LogP contribution in [0.2, 0.25) is 0 Å². The molecule has 2 aromatic carbocycles. The number of aliphatic imine (C=N–C) groups is 2. The zero-order chi connectivity index (χ0) is 19.1. The molecule has 0 spiro atoms. The zero-order valence-corrected chi connectivity index (χ0v) is 14.5. The molecule has 0 aliphatic heterocycles. The third-order valence-corrected chi connectivity index (χ3v) is 3.97. The van der Waals surface area contributed by atoms with Crippen molar-refractivity contribution in [2.24, 2.45) is 15.7 Å². The van der Waals surface area contributed by atoms with Gasteiger partial charge in [-0.1, -0.05) is 26.0 Å². The van der Waals surface area contributed by atoms with E-state index >= 15 is 0 Å². The highest BCUT2D eigenvalue weighted by Gasteiger charge is 2.18. The number of aryl methyl sites for hydroxylation is 2. The molecular formula is C19H18N4O3.